The van der Waals surface area contributed by atoms with E-state index >= 15 is 0 Å². The normalized spacial score (nSPS) is 10.8. The summed E-state index contributed by atoms with van der Waals surface area (Å²) in [4.78, 5) is 12.7. The predicted molar refractivity (Wildman–Crippen MR) is 106 cm³/mol. The molecule has 1 amide bonds. The van der Waals surface area contributed by atoms with Gasteiger partial charge in [0.1, 0.15) is 0 Å². The molecule has 28 heavy (non-hydrogen) atoms. The van der Waals surface area contributed by atoms with Crippen LogP contribution in [0.3, 0.4) is 0 Å². The largest absolute Gasteiger partial charge is 0.459 e. The summed E-state index contributed by atoms with van der Waals surface area (Å²) in [6.45, 7) is 3.84. The number of hydrogen-bond acceptors (Lipinski definition) is 5. The second kappa shape index (κ2) is 7.32. The Kier molecular flexibility index (Phi) is 4.71. The maximum atomic E-state index is 12.7. The number of furan rings is 1. The fourth-order valence-electron chi connectivity index (χ4n) is 2.80. The first-order valence-corrected chi connectivity index (χ1v) is 8.94. The zero-order valence-corrected chi connectivity index (χ0v) is 15.9. The van der Waals surface area contributed by atoms with Crippen LogP contribution in [0.5, 0.6) is 0 Å². The van der Waals surface area contributed by atoms with Gasteiger partial charge in [-0.3, -0.25) is 4.79 Å². The summed E-state index contributed by atoms with van der Waals surface area (Å²) in [6, 6.07) is 14.3. The van der Waals surface area contributed by atoms with Crippen LogP contribution in [0, 0.1) is 13.8 Å². The van der Waals surface area contributed by atoms with E-state index in [2.05, 4.69) is 15.5 Å². The Balaban J connectivity index is 1.62. The monoisotopic (exact) mass is 393 g/mol. The van der Waals surface area contributed by atoms with Crippen molar-refractivity contribution in [2.75, 3.05) is 5.32 Å². The van der Waals surface area contributed by atoms with Crippen molar-refractivity contribution in [1.29, 1.82) is 0 Å². The van der Waals surface area contributed by atoms with E-state index in [0.717, 1.165) is 11.1 Å². The Bertz CT molecular complexity index is 1150. The van der Waals surface area contributed by atoms with Crippen molar-refractivity contribution >= 4 is 23.2 Å². The van der Waals surface area contributed by atoms with Crippen molar-refractivity contribution in [1.82, 2.24) is 10.2 Å². The molecule has 0 aliphatic carbocycles. The van der Waals surface area contributed by atoms with Gasteiger partial charge in [0.2, 0.25) is 5.89 Å². The predicted octanol–water partition coefficient (Wildman–Crippen LogP) is 5.52. The average Bonchev–Trinajstić information content (AvgIpc) is 3.34. The molecule has 140 valence electrons. The zero-order valence-electron chi connectivity index (χ0n) is 15.2. The number of nitrogens with zero attached hydrogens (tertiary/aromatic N) is 2. The van der Waals surface area contributed by atoms with Crippen LogP contribution in [0.25, 0.3) is 23.1 Å². The summed E-state index contributed by atoms with van der Waals surface area (Å²) in [5.74, 6) is 0.803. The van der Waals surface area contributed by atoms with Crippen LogP contribution in [0.2, 0.25) is 5.02 Å². The van der Waals surface area contributed by atoms with E-state index in [1.165, 1.54) is 6.26 Å². The minimum atomic E-state index is -0.212. The lowest BCUT2D eigenvalue weighted by Crippen LogP contribution is -2.13. The van der Waals surface area contributed by atoms with Gasteiger partial charge >= 0.3 is 0 Å². The first-order valence-electron chi connectivity index (χ1n) is 8.56. The maximum absolute atomic E-state index is 12.7. The van der Waals surface area contributed by atoms with E-state index in [-0.39, 0.29) is 17.7 Å². The Labute approximate surface area is 166 Å². The molecule has 2 heterocycles. The fraction of sp³-hybridized carbons (Fsp3) is 0.0952. The molecule has 0 aliphatic heterocycles. The van der Waals surface area contributed by atoms with E-state index < -0.39 is 0 Å². The smallest absolute Gasteiger partial charge is 0.283 e. The van der Waals surface area contributed by atoms with Crippen molar-refractivity contribution in [3.05, 3.63) is 76.5 Å². The van der Waals surface area contributed by atoms with Gasteiger partial charge in [-0.05, 0) is 55.8 Å². The van der Waals surface area contributed by atoms with Gasteiger partial charge in [-0.1, -0.05) is 29.3 Å². The van der Waals surface area contributed by atoms with E-state index in [9.17, 15) is 4.79 Å². The van der Waals surface area contributed by atoms with Crippen molar-refractivity contribution in [3.8, 4) is 23.1 Å². The minimum absolute atomic E-state index is 0.212. The van der Waals surface area contributed by atoms with Crippen LogP contribution in [0.15, 0.2) is 63.6 Å². The molecule has 0 atom stereocenters. The van der Waals surface area contributed by atoms with Crippen LogP contribution in [-0.2, 0) is 0 Å². The molecule has 2 aromatic heterocycles. The lowest BCUT2D eigenvalue weighted by atomic mass is 10.0. The number of nitrogens with one attached hydrogen (secondary N) is 1. The highest BCUT2D eigenvalue weighted by Gasteiger charge is 2.15. The highest BCUT2D eigenvalue weighted by Crippen LogP contribution is 2.29. The highest BCUT2D eigenvalue weighted by molar-refractivity contribution is 6.31. The van der Waals surface area contributed by atoms with Gasteiger partial charge in [0.05, 0.1) is 6.26 Å². The van der Waals surface area contributed by atoms with Gasteiger partial charge in [-0.2, -0.15) is 0 Å². The van der Waals surface area contributed by atoms with Gasteiger partial charge < -0.3 is 14.2 Å². The molecular formula is C21H16ClN3O3. The number of halogens is 1. The van der Waals surface area contributed by atoms with Gasteiger partial charge in [0.25, 0.3) is 11.8 Å². The quantitative estimate of drug-likeness (QED) is 0.493. The van der Waals surface area contributed by atoms with Crippen LogP contribution < -0.4 is 5.32 Å². The second-order valence-electron chi connectivity index (χ2n) is 6.39. The Morgan fingerprint density at radius 2 is 1.86 bits per heavy atom. The minimum Gasteiger partial charge on any atom is -0.459 e. The summed E-state index contributed by atoms with van der Waals surface area (Å²) in [7, 11) is 0. The Morgan fingerprint density at radius 1 is 1.04 bits per heavy atom. The summed E-state index contributed by atoms with van der Waals surface area (Å²) < 4.78 is 10.9. The zero-order chi connectivity index (χ0) is 19.7. The molecule has 4 aromatic rings. The van der Waals surface area contributed by atoms with Crippen LogP contribution in [0.4, 0.5) is 5.69 Å². The third-order valence-electron chi connectivity index (χ3n) is 4.20. The molecule has 0 bridgehead atoms. The van der Waals surface area contributed by atoms with Crippen molar-refractivity contribution in [2.45, 2.75) is 13.8 Å². The van der Waals surface area contributed by atoms with Crippen LogP contribution >= 0.6 is 11.6 Å². The molecule has 0 radical (unpaired) electrons. The van der Waals surface area contributed by atoms with Crippen LogP contribution in [-0.4, -0.2) is 16.1 Å². The Hall–Kier alpha value is -3.38. The summed E-state index contributed by atoms with van der Waals surface area (Å²) in [5.41, 5.74) is 3.64. The van der Waals surface area contributed by atoms with E-state index in [1.807, 2.05) is 32.0 Å². The number of aromatic nitrogens is 2. The lowest BCUT2D eigenvalue weighted by molar-refractivity contribution is 0.102. The number of benzene rings is 2. The van der Waals surface area contributed by atoms with Crippen LogP contribution in [0.1, 0.15) is 21.5 Å². The molecule has 0 aliphatic rings. The van der Waals surface area contributed by atoms with E-state index in [1.54, 1.807) is 30.3 Å². The first kappa shape index (κ1) is 18.0. The van der Waals surface area contributed by atoms with Gasteiger partial charge in [0.15, 0.2) is 5.76 Å². The molecule has 0 saturated heterocycles. The number of amides is 1. The van der Waals surface area contributed by atoms with Crippen molar-refractivity contribution < 1.29 is 13.6 Å². The molecule has 0 unspecified atom stereocenters. The number of aryl methyl sites for hydroxylation is 2. The maximum Gasteiger partial charge on any atom is 0.283 e. The first-order chi connectivity index (χ1) is 13.5. The number of rotatable bonds is 4. The molecule has 1 N–H and O–H groups in total. The average molecular weight is 394 g/mol. The SMILES string of the molecule is Cc1ccc(C)c(C(=O)Nc2cc(Cl)cc(-c3nnc(-c4ccco4)o3)c2)c1. The number of hydrogen-bond donors (Lipinski definition) is 1. The Morgan fingerprint density at radius 3 is 2.64 bits per heavy atom. The molecule has 2 aromatic carbocycles. The molecule has 7 heteroatoms. The van der Waals surface area contributed by atoms with E-state index in [4.69, 9.17) is 20.4 Å². The number of carbonyl (C=O) groups is 1. The molecule has 6 nitrogen and oxygen atoms in total. The molecule has 4 rings (SSSR count). The molecule has 0 spiro atoms. The number of anilines is 1. The summed E-state index contributed by atoms with van der Waals surface area (Å²) >= 11 is 6.23. The number of carbonyl (C=O) groups excluding carboxylic acids is 1. The van der Waals surface area contributed by atoms with Gasteiger partial charge in [0, 0.05) is 21.8 Å². The second-order valence-corrected chi connectivity index (χ2v) is 6.83. The lowest BCUT2D eigenvalue weighted by Gasteiger charge is -2.10. The summed E-state index contributed by atoms with van der Waals surface area (Å²) in [6.07, 6.45) is 1.53. The third-order valence-corrected chi connectivity index (χ3v) is 4.42. The highest BCUT2D eigenvalue weighted by atomic mass is 35.5. The van der Waals surface area contributed by atoms with Gasteiger partial charge in [-0.25, -0.2) is 0 Å². The van der Waals surface area contributed by atoms with E-state index in [0.29, 0.717) is 27.6 Å². The summed E-state index contributed by atoms with van der Waals surface area (Å²) in [5, 5.41) is 11.3. The molecule has 0 fully saturated rings. The van der Waals surface area contributed by atoms with Crippen molar-refractivity contribution in [3.63, 3.8) is 0 Å². The standard InChI is InChI=1S/C21H16ClN3O3/c1-12-5-6-13(2)17(8-12)19(26)23-16-10-14(9-15(22)11-16)20-24-25-21(28-20)18-4-3-7-27-18/h3-11H,1-2H3,(H,23,26). The fourth-order valence-corrected chi connectivity index (χ4v) is 3.04. The van der Waals surface area contributed by atoms with Crippen molar-refractivity contribution in [2.24, 2.45) is 0 Å². The molecule has 0 saturated carbocycles. The molecular weight excluding hydrogens is 378 g/mol. The van der Waals surface area contributed by atoms with Gasteiger partial charge in [-0.15, -0.1) is 10.2 Å². The topological polar surface area (TPSA) is 81.2 Å². The third kappa shape index (κ3) is 3.68.